The fourth-order valence-corrected chi connectivity index (χ4v) is 3.26. The molecule has 1 N–H and O–H groups in total. The molecule has 1 aromatic rings. The fourth-order valence-electron chi connectivity index (χ4n) is 3.26. The highest BCUT2D eigenvalue weighted by molar-refractivity contribution is 6.10. The molecule has 0 spiro atoms. The number of cyclic esters (lactones) is 2. The van der Waals surface area contributed by atoms with Gasteiger partial charge in [0.05, 0.1) is 12.5 Å². The monoisotopic (exact) mass is 433 g/mol. The van der Waals surface area contributed by atoms with Crippen LogP contribution >= 0.6 is 0 Å². The van der Waals surface area contributed by atoms with E-state index in [9.17, 15) is 28.4 Å². The third-order valence-electron chi connectivity index (χ3n) is 4.89. The largest absolute Gasteiger partial charge is 0.455 e. The van der Waals surface area contributed by atoms with Crippen LogP contribution in [0, 0.1) is 5.82 Å². The zero-order chi connectivity index (χ0) is 22.8. The highest BCUT2D eigenvalue weighted by Gasteiger charge is 2.59. The van der Waals surface area contributed by atoms with Crippen LogP contribution in [0.4, 0.5) is 4.39 Å². The molecule has 0 bridgehead atoms. The number of rotatable bonds is 5. The molecule has 0 unspecified atom stereocenters. The number of halogens is 1. The minimum Gasteiger partial charge on any atom is -0.455 e. The molecule has 1 fully saturated rings. The summed E-state index contributed by atoms with van der Waals surface area (Å²) in [5.74, 6) is -5.41. The summed E-state index contributed by atoms with van der Waals surface area (Å²) in [5, 5.41) is 2.36. The van der Waals surface area contributed by atoms with Gasteiger partial charge in [-0.3, -0.25) is 19.3 Å². The van der Waals surface area contributed by atoms with Crippen molar-refractivity contribution in [1.29, 1.82) is 0 Å². The van der Waals surface area contributed by atoms with E-state index in [1.165, 1.54) is 23.1 Å². The lowest BCUT2D eigenvalue weighted by Crippen LogP contribution is -2.66. The first-order valence-electron chi connectivity index (χ1n) is 9.28. The molecule has 0 aliphatic carbocycles. The number of nitrogens with zero attached hydrogens (tertiary/aromatic N) is 2. The maximum absolute atomic E-state index is 13.9. The maximum Gasteiger partial charge on any atom is 0.333 e. The first-order chi connectivity index (χ1) is 14.7. The molecular formula is C20H20FN3O7. The van der Waals surface area contributed by atoms with E-state index in [0.717, 1.165) is 12.2 Å². The number of ether oxygens (including phenoxy) is 2. The molecule has 1 aromatic carbocycles. The van der Waals surface area contributed by atoms with Gasteiger partial charge in [0.2, 0.25) is 5.91 Å². The SMILES string of the molecule is CN(C)[C@@H]1CC(=O)N([C@]2(C(=O)NCc3ccccc3F)COC(=O)/C=C/C(=O)O2)C1=O. The smallest absolute Gasteiger partial charge is 0.333 e. The summed E-state index contributed by atoms with van der Waals surface area (Å²) in [4.78, 5) is 64.8. The Morgan fingerprint density at radius 1 is 1.19 bits per heavy atom. The van der Waals surface area contributed by atoms with Crippen molar-refractivity contribution in [3.8, 4) is 0 Å². The van der Waals surface area contributed by atoms with Crippen LogP contribution < -0.4 is 5.32 Å². The van der Waals surface area contributed by atoms with E-state index in [4.69, 9.17) is 9.47 Å². The van der Waals surface area contributed by atoms with Crippen LogP contribution in [0.1, 0.15) is 12.0 Å². The van der Waals surface area contributed by atoms with Crippen molar-refractivity contribution in [3.63, 3.8) is 0 Å². The summed E-state index contributed by atoms with van der Waals surface area (Å²) in [5.41, 5.74) is -2.47. The van der Waals surface area contributed by atoms with Crippen LogP contribution in [0.25, 0.3) is 0 Å². The Hall–Kier alpha value is -3.60. The van der Waals surface area contributed by atoms with Gasteiger partial charge in [0.25, 0.3) is 11.8 Å². The second-order valence-electron chi connectivity index (χ2n) is 7.17. The van der Waals surface area contributed by atoms with Gasteiger partial charge in [0, 0.05) is 24.3 Å². The quantitative estimate of drug-likeness (QED) is 0.486. The zero-order valence-electron chi connectivity index (χ0n) is 16.8. The van der Waals surface area contributed by atoms with Crippen LogP contribution in [0.3, 0.4) is 0 Å². The van der Waals surface area contributed by atoms with Gasteiger partial charge in [-0.25, -0.2) is 18.9 Å². The molecule has 31 heavy (non-hydrogen) atoms. The highest BCUT2D eigenvalue weighted by atomic mass is 19.1. The number of likely N-dealkylation sites (tertiary alicyclic amines) is 1. The van der Waals surface area contributed by atoms with Crippen molar-refractivity contribution < 1.29 is 37.8 Å². The molecule has 0 radical (unpaired) electrons. The molecule has 3 rings (SSSR count). The molecule has 11 heteroatoms. The number of hydrogen-bond donors (Lipinski definition) is 1. The standard InChI is InChI=1S/C20H20FN3O7/c1-23(2)14-9-15(25)24(18(14)28)20(11-30-16(26)7-8-17(27)31-20)19(29)22-10-12-5-3-4-6-13(12)21/h3-8,14H,9-11H2,1-2H3,(H,22,29)/b8-7+/t14-,20-/m1/s1. The second-order valence-corrected chi connectivity index (χ2v) is 7.17. The Morgan fingerprint density at radius 2 is 1.87 bits per heavy atom. The van der Waals surface area contributed by atoms with Crippen molar-refractivity contribution in [1.82, 2.24) is 15.1 Å². The van der Waals surface area contributed by atoms with Crippen LogP contribution in [-0.4, -0.2) is 71.9 Å². The zero-order valence-corrected chi connectivity index (χ0v) is 16.8. The number of esters is 2. The molecule has 2 atom stereocenters. The van der Waals surface area contributed by atoms with Gasteiger partial charge in [-0.15, -0.1) is 0 Å². The summed E-state index contributed by atoms with van der Waals surface area (Å²) >= 11 is 0. The van der Waals surface area contributed by atoms with Gasteiger partial charge in [-0.1, -0.05) is 18.2 Å². The van der Waals surface area contributed by atoms with E-state index < -0.39 is 53.9 Å². The Morgan fingerprint density at radius 3 is 2.52 bits per heavy atom. The van der Waals surface area contributed by atoms with Crippen LogP contribution in [0.15, 0.2) is 36.4 Å². The van der Waals surface area contributed by atoms with Gasteiger partial charge in [0.1, 0.15) is 5.82 Å². The lowest BCUT2D eigenvalue weighted by atomic mass is 10.1. The Balaban J connectivity index is 1.99. The molecular weight excluding hydrogens is 413 g/mol. The van der Waals surface area contributed by atoms with E-state index >= 15 is 0 Å². The number of imide groups is 1. The average molecular weight is 433 g/mol. The Bertz CT molecular complexity index is 977. The summed E-state index contributed by atoms with van der Waals surface area (Å²) in [6, 6.07) is 4.73. The van der Waals surface area contributed by atoms with Gasteiger partial charge in [0.15, 0.2) is 6.61 Å². The predicted molar refractivity (Wildman–Crippen MR) is 101 cm³/mol. The number of carbonyl (C=O) groups excluding carboxylic acids is 5. The molecule has 2 aliphatic rings. The summed E-state index contributed by atoms with van der Waals surface area (Å²) in [7, 11) is 3.13. The Labute approximate surface area is 176 Å². The average Bonchev–Trinajstić information content (AvgIpc) is 3.02. The summed E-state index contributed by atoms with van der Waals surface area (Å²) in [6.07, 6.45) is 1.24. The lowest BCUT2D eigenvalue weighted by Gasteiger charge is -2.37. The second kappa shape index (κ2) is 8.64. The predicted octanol–water partition coefficient (Wildman–Crippen LogP) is -0.516. The minimum absolute atomic E-state index is 0.116. The summed E-state index contributed by atoms with van der Waals surface area (Å²) < 4.78 is 24.1. The number of hydrogen-bond acceptors (Lipinski definition) is 8. The molecule has 0 saturated carbocycles. The van der Waals surface area contributed by atoms with E-state index in [1.807, 2.05) is 0 Å². The van der Waals surface area contributed by atoms with Crippen molar-refractivity contribution in [2.24, 2.45) is 0 Å². The van der Waals surface area contributed by atoms with Gasteiger partial charge in [-0.05, 0) is 20.2 Å². The number of likely N-dealkylation sites (N-methyl/N-ethyl adjacent to an activating group) is 1. The van der Waals surface area contributed by atoms with Gasteiger partial charge >= 0.3 is 17.7 Å². The Kier molecular flexibility index (Phi) is 6.16. The highest BCUT2D eigenvalue weighted by Crippen LogP contribution is 2.29. The third kappa shape index (κ3) is 4.31. The molecule has 1 saturated heterocycles. The fraction of sp³-hybridized carbons (Fsp3) is 0.350. The van der Waals surface area contributed by atoms with E-state index in [2.05, 4.69) is 5.32 Å². The van der Waals surface area contributed by atoms with E-state index in [-0.39, 0.29) is 18.5 Å². The number of amides is 3. The molecule has 164 valence electrons. The van der Waals surface area contributed by atoms with Crippen LogP contribution in [0.2, 0.25) is 0 Å². The van der Waals surface area contributed by atoms with E-state index in [1.54, 1.807) is 20.2 Å². The third-order valence-corrected chi connectivity index (χ3v) is 4.89. The van der Waals surface area contributed by atoms with Crippen molar-refractivity contribution in [2.75, 3.05) is 20.7 Å². The van der Waals surface area contributed by atoms with Crippen molar-refractivity contribution in [3.05, 3.63) is 47.8 Å². The molecule has 0 aromatic heterocycles. The maximum atomic E-state index is 13.9. The van der Waals surface area contributed by atoms with Crippen molar-refractivity contribution in [2.45, 2.75) is 24.7 Å². The first kappa shape index (κ1) is 22.1. The minimum atomic E-state index is -2.58. The van der Waals surface area contributed by atoms with Crippen molar-refractivity contribution >= 4 is 29.7 Å². The number of carbonyl (C=O) groups is 5. The van der Waals surface area contributed by atoms with E-state index in [0.29, 0.717) is 4.90 Å². The number of benzene rings is 1. The molecule has 2 aliphatic heterocycles. The molecule has 3 amide bonds. The van der Waals surface area contributed by atoms with Gasteiger partial charge < -0.3 is 14.8 Å². The normalized spacial score (nSPS) is 25.0. The molecule has 2 heterocycles. The van der Waals surface area contributed by atoms with Gasteiger partial charge in [-0.2, -0.15) is 0 Å². The topological polar surface area (TPSA) is 122 Å². The first-order valence-corrected chi connectivity index (χ1v) is 9.28. The lowest BCUT2D eigenvalue weighted by molar-refractivity contribution is -0.204. The number of nitrogens with one attached hydrogen (secondary N) is 1. The van der Waals surface area contributed by atoms with Crippen LogP contribution in [-0.2, 0) is 40.0 Å². The molecule has 10 nitrogen and oxygen atoms in total. The van der Waals surface area contributed by atoms with Crippen LogP contribution in [0.5, 0.6) is 0 Å². The summed E-state index contributed by atoms with van der Waals surface area (Å²) in [6.45, 7) is -1.25.